The maximum absolute atomic E-state index is 13.3. The molecule has 0 unspecified atom stereocenters. The van der Waals surface area contributed by atoms with Gasteiger partial charge in [-0.2, -0.15) is 0 Å². The predicted molar refractivity (Wildman–Crippen MR) is 106 cm³/mol. The van der Waals surface area contributed by atoms with Crippen molar-refractivity contribution in [3.05, 3.63) is 48.5 Å². The van der Waals surface area contributed by atoms with Gasteiger partial charge in [0, 0.05) is 11.0 Å². The third-order valence-electron chi connectivity index (χ3n) is 4.62. The molecule has 0 heterocycles. The topological polar surface area (TPSA) is 47.6 Å². The van der Waals surface area contributed by atoms with E-state index < -0.39 is 4.75 Å². The molecule has 1 fully saturated rings. The van der Waals surface area contributed by atoms with Gasteiger partial charge in [0.2, 0.25) is 5.91 Å². The Morgan fingerprint density at radius 3 is 2.54 bits per heavy atom. The van der Waals surface area contributed by atoms with Crippen molar-refractivity contribution in [2.45, 2.75) is 42.2 Å². The van der Waals surface area contributed by atoms with Gasteiger partial charge in [-0.05, 0) is 44.0 Å². The van der Waals surface area contributed by atoms with E-state index in [0.29, 0.717) is 23.8 Å². The first-order valence-corrected chi connectivity index (χ1v) is 9.85. The fourth-order valence-corrected chi connectivity index (χ4v) is 4.67. The molecule has 0 atom stereocenters. The molecular formula is C21H25NO3S. The SMILES string of the molecule is CCOc1ccc(OC)cc1NC(=O)C1(Sc2ccccc2)CCCC1. The minimum absolute atomic E-state index is 0.0399. The summed E-state index contributed by atoms with van der Waals surface area (Å²) in [4.78, 5) is 14.4. The molecule has 0 bridgehead atoms. The Labute approximate surface area is 159 Å². The standard InChI is InChI=1S/C21H25NO3S/c1-3-25-19-12-11-16(24-2)15-18(19)22-20(23)21(13-7-8-14-21)26-17-9-5-4-6-10-17/h4-6,9-12,15H,3,7-8,13-14H2,1-2H3,(H,22,23). The van der Waals surface area contributed by atoms with Crippen LogP contribution in [0.25, 0.3) is 0 Å². The number of hydrogen-bond donors (Lipinski definition) is 1. The van der Waals surface area contributed by atoms with Crippen molar-refractivity contribution in [3.63, 3.8) is 0 Å². The molecule has 0 spiro atoms. The number of amides is 1. The van der Waals surface area contributed by atoms with Crippen molar-refractivity contribution in [1.29, 1.82) is 0 Å². The van der Waals surface area contributed by atoms with Crippen LogP contribution in [0.2, 0.25) is 0 Å². The van der Waals surface area contributed by atoms with Crippen LogP contribution in [0.4, 0.5) is 5.69 Å². The van der Waals surface area contributed by atoms with Crippen LogP contribution in [-0.2, 0) is 4.79 Å². The highest BCUT2D eigenvalue weighted by atomic mass is 32.2. The highest BCUT2D eigenvalue weighted by Crippen LogP contribution is 2.46. The van der Waals surface area contributed by atoms with E-state index >= 15 is 0 Å². The molecule has 4 nitrogen and oxygen atoms in total. The van der Waals surface area contributed by atoms with E-state index in [1.54, 1.807) is 18.9 Å². The number of anilines is 1. The average Bonchev–Trinajstić information content (AvgIpc) is 3.14. The van der Waals surface area contributed by atoms with E-state index in [2.05, 4.69) is 17.4 Å². The van der Waals surface area contributed by atoms with Crippen LogP contribution in [0.3, 0.4) is 0 Å². The zero-order valence-electron chi connectivity index (χ0n) is 15.3. The lowest BCUT2D eigenvalue weighted by molar-refractivity contribution is -0.118. The average molecular weight is 372 g/mol. The molecule has 0 radical (unpaired) electrons. The molecule has 1 aliphatic rings. The zero-order valence-corrected chi connectivity index (χ0v) is 16.1. The first kappa shape index (κ1) is 18.6. The highest BCUT2D eigenvalue weighted by Gasteiger charge is 2.42. The van der Waals surface area contributed by atoms with Crippen molar-refractivity contribution < 1.29 is 14.3 Å². The van der Waals surface area contributed by atoms with Gasteiger partial charge >= 0.3 is 0 Å². The molecule has 5 heteroatoms. The Hall–Kier alpha value is -2.14. The quantitative estimate of drug-likeness (QED) is 0.732. The summed E-state index contributed by atoms with van der Waals surface area (Å²) < 4.78 is 10.5. The monoisotopic (exact) mass is 371 g/mol. The van der Waals surface area contributed by atoms with Gasteiger partial charge in [0.05, 0.1) is 24.2 Å². The summed E-state index contributed by atoms with van der Waals surface area (Å²) in [6.45, 7) is 2.47. The maximum Gasteiger partial charge on any atom is 0.241 e. The molecule has 1 N–H and O–H groups in total. The van der Waals surface area contributed by atoms with E-state index in [1.807, 2.05) is 43.3 Å². The Kier molecular flexibility index (Phi) is 6.09. The largest absolute Gasteiger partial charge is 0.497 e. The summed E-state index contributed by atoms with van der Waals surface area (Å²) in [7, 11) is 1.62. The zero-order chi connectivity index (χ0) is 18.4. The molecule has 0 aromatic heterocycles. The van der Waals surface area contributed by atoms with Gasteiger partial charge in [-0.25, -0.2) is 0 Å². The molecule has 1 amide bonds. The minimum Gasteiger partial charge on any atom is -0.497 e. The number of rotatable bonds is 7. The summed E-state index contributed by atoms with van der Waals surface area (Å²) in [5.74, 6) is 1.40. The smallest absolute Gasteiger partial charge is 0.241 e. The summed E-state index contributed by atoms with van der Waals surface area (Å²) in [6.07, 6.45) is 3.91. The van der Waals surface area contributed by atoms with Gasteiger partial charge in [-0.3, -0.25) is 4.79 Å². The van der Waals surface area contributed by atoms with Crippen molar-refractivity contribution >= 4 is 23.4 Å². The van der Waals surface area contributed by atoms with E-state index in [-0.39, 0.29) is 5.91 Å². The lowest BCUT2D eigenvalue weighted by Gasteiger charge is -2.27. The van der Waals surface area contributed by atoms with E-state index in [4.69, 9.17) is 9.47 Å². The molecule has 138 valence electrons. The maximum atomic E-state index is 13.3. The van der Waals surface area contributed by atoms with Crippen molar-refractivity contribution in [3.8, 4) is 11.5 Å². The van der Waals surface area contributed by atoms with Gasteiger partial charge in [0.15, 0.2) is 0 Å². The molecule has 26 heavy (non-hydrogen) atoms. The molecule has 1 aliphatic carbocycles. The summed E-state index contributed by atoms with van der Waals surface area (Å²) in [5.41, 5.74) is 0.663. The van der Waals surface area contributed by atoms with Gasteiger partial charge in [-0.15, -0.1) is 11.8 Å². The molecule has 3 rings (SSSR count). The lowest BCUT2D eigenvalue weighted by Crippen LogP contribution is -2.37. The van der Waals surface area contributed by atoms with E-state index in [0.717, 1.165) is 30.6 Å². The van der Waals surface area contributed by atoms with Crippen LogP contribution >= 0.6 is 11.8 Å². The highest BCUT2D eigenvalue weighted by molar-refractivity contribution is 8.01. The number of ether oxygens (including phenoxy) is 2. The van der Waals surface area contributed by atoms with Crippen LogP contribution in [0.15, 0.2) is 53.4 Å². The minimum atomic E-state index is -0.437. The normalized spacial score (nSPS) is 15.5. The van der Waals surface area contributed by atoms with E-state index in [1.165, 1.54) is 0 Å². The second-order valence-electron chi connectivity index (χ2n) is 6.37. The Morgan fingerprint density at radius 2 is 1.88 bits per heavy atom. The van der Waals surface area contributed by atoms with Crippen molar-refractivity contribution in [1.82, 2.24) is 0 Å². The number of methoxy groups -OCH3 is 1. The van der Waals surface area contributed by atoms with Crippen LogP contribution in [0, 0.1) is 0 Å². The fraction of sp³-hybridized carbons (Fsp3) is 0.381. The van der Waals surface area contributed by atoms with Gasteiger partial charge in [0.25, 0.3) is 0 Å². The number of benzene rings is 2. The number of hydrogen-bond acceptors (Lipinski definition) is 4. The first-order valence-electron chi connectivity index (χ1n) is 9.03. The molecular weight excluding hydrogens is 346 g/mol. The number of thioether (sulfide) groups is 1. The third kappa shape index (κ3) is 4.15. The molecule has 2 aromatic carbocycles. The Bertz CT molecular complexity index is 742. The van der Waals surface area contributed by atoms with Crippen LogP contribution < -0.4 is 14.8 Å². The van der Waals surface area contributed by atoms with Crippen LogP contribution in [0.5, 0.6) is 11.5 Å². The number of carbonyl (C=O) groups is 1. The molecule has 0 saturated heterocycles. The lowest BCUT2D eigenvalue weighted by atomic mass is 10.1. The van der Waals surface area contributed by atoms with Crippen molar-refractivity contribution in [2.75, 3.05) is 19.0 Å². The van der Waals surface area contributed by atoms with Gasteiger partial charge in [0.1, 0.15) is 11.5 Å². The van der Waals surface area contributed by atoms with Crippen LogP contribution in [0.1, 0.15) is 32.6 Å². The van der Waals surface area contributed by atoms with Gasteiger partial charge in [-0.1, -0.05) is 31.0 Å². The first-order chi connectivity index (χ1) is 12.7. The van der Waals surface area contributed by atoms with Crippen LogP contribution in [-0.4, -0.2) is 24.4 Å². The second-order valence-corrected chi connectivity index (χ2v) is 7.82. The molecule has 2 aromatic rings. The fourth-order valence-electron chi connectivity index (χ4n) is 3.29. The Balaban J connectivity index is 1.84. The third-order valence-corrected chi connectivity index (χ3v) is 6.11. The predicted octanol–water partition coefficient (Wildman–Crippen LogP) is 5.14. The Morgan fingerprint density at radius 1 is 1.15 bits per heavy atom. The summed E-state index contributed by atoms with van der Waals surface area (Å²) in [5, 5.41) is 3.11. The van der Waals surface area contributed by atoms with E-state index in [9.17, 15) is 4.79 Å². The summed E-state index contributed by atoms with van der Waals surface area (Å²) >= 11 is 1.67. The van der Waals surface area contributed by atoms with Gasteiger partial charge < -0.3 is 14.8 Å². The molecule has 0 aliphatic heterocycles. The second kappa shape index (κ2) is 8.49. The summed E-state index contributed by atoms with van der Waals surface area (Å²) in [6, 6.07) is 15.6. The number of nitrogens with one attached hydrogen (secondary N) is 1. The van der Waals surface area contributed by atoms with Crippen molar-refractivity contribution in [2.24, 2.45) is 0 Å². The molecule has 1 saturated carbocycles. The number of carbonyl (C=O) groups excluding carboxylic acids is 1.